The summed E-state index contributed by atoms with van der Waals surface area (Å²) >= 11 is 6.42. The largest absolute Gasteiger partial charge is 0.355 e. The van der Waals surface area contributed by atoms with E-state index in [2.05, 4.69) is 16.0 Å². The zero-order valence-corrected chi connectivity index (χ0v) is 12.8. The molecule has 0 aliphatic rings. The number of hydrogen-bond donors (Lipinski definition) is 3. The van der Waals surface area contributed by atoms with Crippen LogP contribution < -0.4 is 16.0 Å². The summed E-state index contributed by atoms with van der Waals surface area (Å²) in [5.41, 5.74) is 1.25. The summed E-state index contributed by atoms with van der Waals surface area (Å²) in [6.45, 7) is 0. The van der Waals surface area contributed by atoms with E-state index in [1.54, 1.807) is 43.4 Å². The molecule has 0 aliphatic heterocycles. The summed E-state index contributed by atoms with van der Waals surface area (Å²) in [5, 5.41) is 10.1. The number of hydrogen-bond acceptors (Lipinski definition) is 4. The van der Waals surface area contributed by atoms with Crippen molar-refractivity contribution < 1.29 is 9.59 Å². The number of rotatable bonds is 3. The number of carbonyl (C=O) groups excluding carboxylic acids is 2. The topological polar surface area (TPSA) is 70.2 Å². The van der Waals surface area contributed by atoms with E-state index in [0.29, 0.717) is 16.1 Å². The first-order chi connectivity index (χ1) is 10.1. The number of thiophene rings is 1. The molecule has 0 atom stereocenters. The highest BCUT2D eigenvalue weighted by molar-refractivity contribution is 7.80. The molecule has 0 aliphatic carbocycles. The SMILES string of the molecule is CNC(=O)c1ccc(NC(=S)NC(=O)c2cccs2)cc1. The van der Waals surface area contributed by atoms with Gasteiger partial charge in [0.1, 0.15) is 0 Å². The van der Waals surface area contributed by atoms with Gasteiger partial charge in [-0.3, -0.25) is 14.9 Å². The summed E-state index contributed by atoms with van der Waals surface area (Å²) < 4.78 is 0. The van der Waals surface area contributed by atoms with Gasteiger partial charge in [-0.25, -0.2) is 0 Å². The summed E-state index contributed by atoms with van der Waals surface area (Å²) in [6.07, 6.45) is 0. The first-order valence-electron chi connectivity index (χ1n) is 6.08. The zero-order valence-electron chi connectivity index (χ0n) is 11.2. The Morgan fingerprint density at radius 3 is 2.38 bits per heavy atom. The molecule has 0 spiro atoms. The minimum absolute atomic E-state index is 0.157. The fourth-order valence-electron chi connectivity index (χ4n) is 1.58. The Bertz CT molecular complexity index is 651. The normalized spacial score (nSPS) is 9.76. The van der Waals surface area contributed by atoms with Crippen LogP contribution in [0.4, 0.5) is 5.69 Å². The predicted molar refractivity (Wildman–Crippen MR) is 87.8 cm³/mol. The van der Waals surface area contributed by atoms with E-state index in [1.165, 1.54) is 11.3 Å². The molecular weight excluding hydrogens is 306 g/mol. The van der Waals surface area contributed by atoms with Gasteiger partial charge in [-0.1, -0.05) is 6.07 Å². The van der Waals surface area contributed by atoms with Crippen LogP contribution in [0.25, 0.3) is 0 Å². The Labute approximate surface area is 131 Å². The van der Waals surface area contributed by atoms with Crippen molar-refractivity contribution in [1.29, 1.82) is 0 Å². The van der Waals surface area contributed by atoms with Crippen LogP contribution in [0.15, 0.2) is 41.8 Å². The van der Waals surface area contributed by atoms with E-state index < -0.39 is 0 Å². The first-order valence-corrected chi connectivity index (χ1v) is 7.37. The second kappa shape index (κ2) is 6.96. The minimum atomic E-state index is -0.246. The van der Waals surface area contributed by atoms with Gasteiger partial charge < -0.3 is 10.6 Å². The molecule has 1 aromatic heterocycles. The van der Waals surface area contributed by atoms with Crippen molar-refractivity contribution in [3.63, 3.8) is 0 Å². The second-order valence-electron chi connectivity index (χ2n) is 4.04. The molecule has 3 N–H and O–H groups in total. The minimum Gasteiger partial charge on any atom is -0.355 e. The Kier molecular flexibility index (Phi) is 5.02. The molecule has 0 unspecified atom stereocenters. The monoisotopic (exact) mass is 319 g/mol. The fraction of sp³-hybridized carbons (Fsp3) is 0.0714. The van der Waals surface area contributed by atoms with Crippen LogP contribution in [0.5, 0.6) is 0 Å². The lowest BCUT2D eigenvalue weighted by Gasteiger charge is -2.09. The summed E-state index contributed by atoms with van der Waals surface area (Å²) in [6, 6.07) is 10.3. The molecule has 2 amide bonds. The van der Waals surface area contributed by atoms with Crippen LogP contribution in [0.3, 0.4) is 0 Å². The third kappa shape index (κ3) is 4.11. The van der Waals surface area contributed by atoms with E-state index in [-0.39, 0.29) is 16.9 Å². The number of carbonyl (C=O) groups is 2. The molecule has 0 bridgehead atoms. The Balaban J connectivity index is 1.93. The predicted octanol–water partition coefficient (Wildman–Crippen LogP) is 2.23. The van der Waals surface area contributed by atoms with E-state index >= 15 is 0 Å². The number of nitrogens with one attached hydrogen (secondary N) is 3. The summed E-state index contributed by atoms with van der Waals surface area (Å²) in [5.74, 6) is -0.403. The van der Waals surface area contributed by atoms with Gasteiger partial charge in [-0.15, -0.1) is 11.3 Å². The molecule has 2 aromatic rings. The quantitative estimate of drug-likeness (QED) is 0.759. The molecule has 5 nitrogen and oxygen atoms in total. The molecule has 2 rings (SSSR count). The molecular formula is C14H13N3O2S2. The third-order valence-electron chi connectivity index (χ3n) is 2.60. The van der Waals surface area contributed by atoms with Gasteiger partial charge in [0, 0.05) is 18.3 Å². The van der Waals surface area contributed by atoms with Crippen LogP contribution in [-0.2, 0) is 0 Å². The lowest BCUT2D eigenvalue weighted by molar-refractivity contribution is 0.0960. The maximum Gasteiger partial charge on any atom is 0.267 e. The van der Waals surface area contributed by atoms with E-state index in [1.807, 2.05) is 5.38 Å². The lowest BCUT2D eigenvalue weighted by Crippen LogP contribution is -2.33. The molecule has 1 aromatic carbocycles. The zero-order chi connectivity index (χ0) is 15.2. The van der Waals surface area contributed by atoms with Gasteiger partial charge in [0.25, 0.3) is 11.8 Å². The second-order valence-corrected chi connectivity index (χ2v) is 5.40. The van der Waals surface area contributed by atoms with E-state index in [4.69, 9.17) is 12.2 Å². The van der Waals surface area contributed by atoms with Crippen molar-refractivity contribution in [1.82, 2.24) is 10.6 Å². The highest BCUT2D eigenvalue weighted by Gasteiger charge is 2.09. The molecule has 0 saturated heterocycles. The van der Waals surface area contributed by atoms with Gasteiger partial charge >= 0.3 is 0 Å². The third-order valence-corrected chi connectivity index (χ3v) is 3.68. The summed E-state index contributed by atoms with van der Waals surface area (Å²) in [4.78, 5) is 23.8. The Morgan fingerprint density at radius 1 is 1.10 bits per heavy atom. The summed E-state index contributed by atoms with van der Waals surface area (Å²) in [7, 11) is 1.57. The van der Waals surface area contributed by atoms with Gasteiger partial charge in [-0.2, -0.15) is 0 Å². The first kappa shape index (κ1) is 15.1. The molecule has 0 fully saturated rings. The molecule has 7 heteroatoms. The smallest absolute Gasteiger partial charge is 0.267 e. The van der Waals surface area contributed by atoms with Gasteiger partial charge in [-0.05, 0) is 47.9 Å². The van der Waals surface area contributed by atoms with Crippen LogP contribution >= 0.6 is 23.6 Å². The Morgan fingerprint density at radius 2 is 1.81 bits per heavy atom. The van der Waals surface area contributed by atoms with Crippen molar-refractivity contribution in [2.45, 2.75) is 0 Å². The highest BCUT2D eigenvalue weighted by Crippen LogP contribution is 2.10. The molecule has 1 heterocycles. The van der Waals surface area contributed by atoms with Crippen molar-refractivity contribution in [2.75, 3.05) is 12.4 Å². The van der Waals surface area contributed by atoms with Crippen molar-refractivity contribution in [3.8, 4) is 0 Å². The average molecular weight is 319 g/mol. The van der Waals surface area contributed by atoms with Gasteiger partial charge in [0.2, 0.25) is 0 Å². The van der Waals surface area contributed by atoms with E-state index in [9.17, 15) is 9.59 Å². The molecule has 0 radical (unpaired) electrons. The maximum atomic E-state index is 11.8. The van der Waals surface area contributed by atoms with Gasteiger partial charge in [0.05, 0.1) is 4.88 Å². The van der Waals surface area contributed by atoms with Crippen LogP contribution in [-0.4, -0.2) is 24.0 Å². The van der Waals surface area contributed by atoms with Crippen LogP contribution in [0.1, 0.15) is 20.0 Å². The lowest BCUT2D eigenvalue weighted by atomic mass is 10.2. The van der Waals surface area contributed by atoms with Crippen molar-refractivity contribution >= 4 is 46.2 Å². The molecule has 0 saturated carbocycles. The van der Waals surface area contributed by atoms with Crippen molar-refractivity contribution in [3.05, 3.63) is 52.2 Å². The molecule has 21 heavy (non-hydrogen) atoms. The molecule has 108 valence electrons. The number of thiocarbonyl (C=S) groups is 1. The maximum absolute atomic E-state index is 11.8. The standard InChI is InChI=1S/C14H13N3O2S2/c1-15-12(18)9-4-6-10(7-5-9)16-14(20)17-13(19)11-3-2-8-21-11/h2-8H,1H3,(H,15,18)(H2,16,17,19,20). The van der Waals surface area contributed by atoms with Crippen molar-refractivity contribution in [2.24, 2.45) is 0 Å². The average Bonchev–Trinajstić information content (AvgIpc) is 3.01. The number of benzene rings is 1. The highest BCUT2D eigenvalue weighted by atomic mass is 32.1. The van der Waals surface area contributed by atoms with E-state index in [0.717, 1.165) is 0 Å². The van der Waals surface area contributed by atoms with Crippen LogP contribution in [0, 0.1) is 0 Å². The number of anilines is 1. The number of amides is 2. The fourth-order valence-corrected chi connectivity index (χ4v) is 2.41. The Hall–Kier alpha value is -2.25. The van der Waals surface area contributed by atoms with Crippen LogP contribution in [0.2, 0.25) is 0 Å². The van der Waals surface area contributed by atoms with Gasteiger partial charge in [0.15, 0.2) is 5.11 Å².